The molecule has 2 aromatic rings. The molecule has 3 N–H and O–H groups in total. The lowest BCUT2D eigenvalue weighted by Gasteiger charge is -1.86. The van der Waals surface area contributed by atoms with Gasteiger partial charge in [-0.05, 0) is 19.1 Å². The Balaban J connectivity index is 0.000000331. The Morgan fingerprint density at radius 1 is 1.16 bits per heavy atom. The second-order valence-corrected chi connectivity index (χ2v) is 3.13. The molecule has 2 rings (SSSR count). The van der Waals surface area contributed by atoms with E-state index < -0.39 is 5.69 Å². The number of aromatic amines is 2. The number of hydrogen-bond donors (Lipinski definition) is 3. The molecule has 0 aromatic carbocycles. The molecule has 8 nitrogen and oxygen atoms in total. The van der Waals surface area contributed by atoms with E-state index in [1.54, 1.807) is 6.07 Å². The predicted octanol–water partition coefficient (Wildman–Crippen LogP) is 0.0781. The Morgan fingerprint density at radius 3 is 2.16 bits per heavy atom. The van der Waals surface area contributed by atoms with E-state index in [1.807, 2.05) is 6.92 Å². The smallest absolute Gasteiger partial charge is 0.345 e. The average molecular weight is 286 g/mol. The van der Waals surface area contributed by atoms with Gasteiger partial charge in [0.15, 0.2) is 0 Å². The van der Waals surface area contributed by atoms with Crippen molar-refractivity contribution in [2.24, 2.45) is 5.16 Å². The van der Waals surface area contributed by atoms with E-state index in [9.17, 15) is 9.59 Å². The first-order valence-corrected chi connectivity index (χ1v) is 4.86. The van der Waals surface area contributed by atoms with Crippen LogP contribution >= 0.6 is 12.4 Å². The topological polar surface area (TPSA) is 124 Å². The summed E-state index contributed by atoms with van der Waals surface area (Å²) in [6, 6.07) is 3.25. The van der Waals surface area contributed by atoms with Gasteiger partial charge in [-0.2, -0.15) is 0 Å². The summed E-state index contributed by atoms with van der Waals surface area (Å²) in [6.45, 7) is 1.81. The molecule has 0 spiro atoms. The van der Waals surface area contributed by atoms with Gasteiger partial charge in [0.1, 0.15) is 0 Å². The maximum Gasteiger partial charge on any atom is 0.345 e. The molecular weight excluding hydrogens is 274 g/mol. The largest absolute Gasteiger partial charge is 0.411 e. The zero-order valence-electron chi connectivity index (χ0n) is 9.90. The highest BCUT2D eigenvalue weighted by Gasteiger charge is 1.86. The van der Waals surface area contributed by atoms with E-state index in [-0.39, 0.29) is 18.1 Å². The lowest BCUT2D eigenvalue weighted by molar-refractivity contribution is 0.321. The van der Waals surface area contributed by atoms with Gasteiger partial charge in [0.25, 0.3) is 0 Å². The fourth-order valence-electron chi connectivity index (χ4n) is 0.980. The minimum atomic E-state index is -0.461. The van der Waals surface area contributed by atoms with Gasteiger partial charge in [-0.25, -0.2) is 19.6 Å². The number of nitrogens with one attached hydrogen (secondary N) is 2. The first kappa shape index (κ1) is 16.5. The molecule has 0 aliphatic rings. The van der Waals surface area contributed by atoms with Gasteiger partial charge in [-0.1, -0.05) is 5.16 Å². The van der Waals surface area contributed by atoms with Crippen LogP contribution in [-0.4, -0.2) is 31.4 Å². The van der Waals surface area contributed by atoms with Gasteiger partial charge in [0, 0.05) is 18.1 Å². The summed E-state index contributed by atoms with van der Waals surface area (Å²) >= 11 is 0. The average Bonchev–Trinajstić information content (AvgIpc) is 2.30. The zero-order valence-corrected chi connectivity index (χ0v) is 10.7. The van der Waals surface area contributed by atoms with E-state index in [1.165, 1.54) is 18.5 Å². The third-order valence-corrected chi connectivity index (χ3v) is 1.71. The van der Waals surface area contributed by atoms with Crippen molar-refractivity contribution < 1.29 is 5.21 Å². The standard InChI is InChI=1S/C5H5N3O2.C5H6N2O.ClH/c9-5-6-2-1-4(8-5)3-7-10;1-4-2-3-6-5(8)7-4;/h1-3,10H,(H,6,8,9);2-3H,1H3,(H,6,7,8);1H/b7-3+;;. The number of rotatable bonds is 1. The number of H-pyrrole nitrogens is 2. The zero-order chi connectivity index (χ0) is 13.4. The molecule has 0 amide bonds. The van der Waals surface area contributed by atoms with Crippen LogP contribution in [0.4, 0.5) is 0 Å². The van der Waals surface area contributed by atoms with E-state index in [4.69, 9.17) is 5.21 Å². The summed E-state index contributed by atoms with van der Waals surface area (Å²) in [6.07, 6.45) is 3.92. The monoisotopic (exact) mass is 285 g/mol. The second-order valence-electron chi connectivity index (χ2n) is 3.13. The number of oxime groups is 1. The predicted molar refractivity (Wildman–Crippen MR) is 71.1 cm³/mol. The molecule has 0 fully saturated rings. The minimum Gasteiger partial charge on any atom is -0.411 e. The Labute approximate surface area is 113 Å². The molecule has 0 atom stereocenters. The van der Waals surface area contributed by atoms with Crippen LogP contribution in [0, 0.1) is 6.92 Å². The number of nitrogens with zero attached hydrogens (tertiary/aromatic N) is 3. The Morgan fingerprint density at radius 2 is 1.74 bits per heavy atom. The summed E-state index contributed by atoms with van der Waals surface area (Å²) in [5.74, 6) is 0. The van der Waals surface area contributed by atoms with Crippen LogP contribution in [0.3, 0.4) is 0 Å². The summed E-state index contributed by atoms with van der Waals surface area (Å²) in [4.78, 5) is 32.4. The van der Waals surface area contributed by atoms with Crippen LogP contribution in [0.15, 0.2) is 39.3 Å². The molecule has 0 saturated carbocycles. The number of aryl methyl sites for hydroxylation is 1. The molecule has 0 unspecified atom stereocenters. The summed E-state index contributed by atoms with van der Waals surface area (Å²) < 4.78 is 0. The van der Waals surface area contributed by atoms with Crippen LogP contribution in [-0.2, 0) is 0 Å². The molecule has 2 heterocycles. The third-order valence-electron chi connectivity index (χ3n) is 1.71. The van der Waals surface area contributed by atoms with Gasteiger partial charge in [0.05, 0.1) is 11.9 Å². The fraction of sp³-hybridized carbons (Fsp3) is 0.100. The second kappa shape index (κ2) is 8.59. The molecule has 0 bridgehead atoms. The van der Waals surface area contributed by atoms with E-state index in [2.05, 4.69) is 25.1 Å². The van der Waals surface area contributed by atoms with Gasteiger partial charge in [0.2, 0.25) is 0 Å². The van der Waals surface area contributed by atoms with E-state index in [0.717, 1.165) is 11.9 Å². The van der Waals surface area contributed by atoms with Crippen molar-refractivity contribution in [2.45, 2.75) is 6.92 Å². The summed E-state index contributed by atoms with van der Waals surface area (Å²) in [7, 11) is 0. The highest BCUT2D eigenvalue weighted by atomic mass is 35.5. The van der Waals surface area contributed by atoms with Gasteiger partial charge in [-0.15, -0.1) is 12.4 Å². The van der Waals surface area contributed by atoms with Gasteiger partial charge in [-0.3, -0.25) is 0 Å². The lowest BCUT2D eigenvalue weighted by atomic mass is 10.4. The van der Waals surface area contributed by atoms with Crippen molar-refractivity contribution >= 4 is 18.6 Å². The molecule has 0 aliphatic heterocycles. The molecule has 19 heavy (non-hydrogen) atoms. The molecule has 2 aromatic heterocycles. The van der Waals surface area contributed by atoms with Crippen molar-refractivity contribution in [1.29, 1.82) is 0 Å². The van der Waals surface area contributed by atoms with Crippen LogP contribution in [0.2, 0.25) is 0 Å². The van der Waals surface area contributed by atoms with E-state index >= 15 is 0 Å². The van der Waals surface area contributed by atoms with Crippen molar-refractivity contribution in [3.8, 4) is 0 Å². The lowest BCUT2D eigenvalue weighted by Crippen LogP contribution is -2.10. The number of aromatic nitrogens is 4. The minimum absolute atomic E-state index is 0. The SMILES string of the molecule is Cc1ccnc(=O)[nH]1.Cl.O=c1nccc(/C=N/O)[nH]1. The van der Waals surface area contributed by atoms with Gasteiger partial charge < -0.3 is 15.2 Å². The van der Waals surface area contributed by atoms with Gasteiger partial charge >= 0.3 is 11.4 Å². The van der Waals surface area contributed by atoms with Crippen LogP contribution in [0.5, 0.6) is 0 Å². The Kier molecular flexibility index (Phi) is 7.47. The first-order valence-electron chi connectivity index (χ1n) is 4.86. The maximum atomic E-state index is 10.5. The summed E-state index contributed by atoms with van der Waals surface area (Å²) in [5, 5.41) is 10.8. The summed E-state index contributed by atoms with van der Waals surface area (Å²) in [5.41, 5.74) is 0.509. The van der Waals surface area contributed by atoms with Crippen molar-refractivity contribution in [3.63, 3.8) is 0 Å². The van der Waals surface area contributed by atoms with Crippen molar-refractivity contribution in [1.82, 2.24) is 19.9 Å². The highest BCUT2D eigenvalue weighted by Crippen LogP contribution is 1.80. The molecule has 102 valence electrons. The fourth-order valence-corrected chi connectivity index (χ4v) is 0.980. The van der Waals surface area contributed by atoms with Crippen molar-refractivity contribution in [2.75, 3.05) is 0 Å². The number of halogens is 1. The number of hydrogen-bond acceptors (Lipinski definition) is 6. The maximum absolute atomic E-state index is 10.5. The molecule has 0 radical (unpaired) electrons. The molecule has 9 heteroatoms. The quantitative estimate of drug-likeness (QED) is 0.389. The Bertz CT molecular complexity index is 637. The third kappa shape index (κ3) is 6.74. The van der Waals surface area contributed by atoms with Crippen molar-refractivity contribution in [3.05, 3.63) is 56.9 Å². The van der Waals surface area contributed by atoms with Crippen LogP contribution in [0.25, 0.3) is 0 Å². The highest BCUT2D eigenvalue weighted by molar-refractivity contribution is 5.85. The first-order chi connectivity index (χ1) is 8.61. The van der Waals surface area contributed by atoms with Crippen LogP contribution < -0.4 is 11.4 Å². The van der Waals surface area contributed by atoms with Crippen LogP contribution in [0.1, 0.15) is 11.4 Å². The molecule has 0 saturated heterocycles. The normalized spacial score (nSPS) is 9.32. The van der Waals surface area contributed by atoms with E-state index in [0.29, 0.717) is 5.69 Å². The Hall–Kier alpha value is -2.48. The molecule has 0 aliphatic carbocycles. The molecular formula is C10H12ClN5O3.